The summed E-state index contributed by atoms with van der Waals surface area (Å²) in [5, 5.41) is 5.50. The van der Waals surface area contributed by atoms with Gasteiger partial charge in [0.25, 0.3) is 0 Å². The van der Waals surface area contributed by atoms with Crippen molar-refractivity contribution in [2.75, 3.05) is 19.6 Å². The third-order valence-electron chi connectivity index (χ3n) is 5.44. The van der Waals surface area contributed by atoms with E-state index in [1.807, 2.05) is 72.8 Å². The van der Waals surface area contributed by atoms with Crippen molar-refractivity contribution in [3.8, 4) is 0 Å². The van der Waals surface area contributed by atoms with Gasteiger partial charge in [0, 0.05) is 54.4 Å². The van der Waals surface area contributed by atoms with Gasteiger partial charge in [-0.25, -0.2) is 8.42 Å². The summed E-state index contributed by atoms with van der Waals surface area (Å²) in [5.74, 6) is 0. The Morgan fingerprint density at radius 3 is 2.53 bits per heavy atom. The Kier molecular flexibility index (Phi) is 8.08. The van der Waals surface area contributed by atoms with Gasteiger partial charge in [-0.1, -0.05) is 78.4 Å². The summed E-state index contributed by atoms with van der Waals surface area (Å²) in [6.45, 7) is 1.78. The van der Waals surface area contributed by atoms with Crippen LogP contribution in [0.4, 0.5) is 0 Å². The number of aromatic nitrogens is 1. The fraction of sp³-hybridized carbons (Fsp3) is 0.148. The van der Waals surface area contributed by atoms with Crippen molar-refractivity contribution in [3.05, 3.63) is 113 Å². The maximum Gasteiger partial charge on any atom is 0.244 e. The van der Waals surface area contributed by atoms with Crippen LogP contribution in [0, 0.1) is 0 Å². The number of pyridine rings is 1. The Morgan fingerprint density at radius 2 is 1.74 bits per heavy atom. The Balaban J connectivity index is 1.48. The number of rotatable bonds is 10. The molecule has 1 N–H and O–H groups in total. The van der Waals surface area contributed by atoms with Crippen LogP contribution in [-0.4, -0.2) is 37.3 Å². The molecule has 0 aliphatic carbocycles. The molecule has 0 atom stereocenters. The molecule has 1 heterocycles. The van der Waals surface area contributed by atoms with Crippen LogP contribution in [0.3, 0.4) is 0 Å². The minimum Gasteiger partial charge on any atom is -0.312 e. The maximum absolute atomic E-state index is 13.7. The van der Waals surface area contributed by atoms with E-state index in [4.69, 9.17) is 11.6 Å². The van der Waals surface area contributed by atoms with Crippen molar-refractivity contribution < 1.29 is 8.42 Å². The molecule has 1 aromatic heterocycles. The van der Waals surface area contributed by atoms with E-state index in [1.165, 1.54) is 4.31 Å². The minimum absolute atomic E-state index is 0.297. The van der Waals surface area contributed by atoms with Crippen molar-refractivity contribution in [1.82, 2.24) is 14.6 Å². The highest BCUT2D eigenvalue weighted by Crippen LogP contribution is 2.26. The third-order valence-corrected chi connectivity index (χ3v) is 7.60. The second-order valence-corrected chi connectivity index (χ2v) is 10.2. The number of benzene rings is 3. The molecular weight excluding hydrogens is 466 g/mol. The highest BCUT2D eigenvalue weighted by molar-refractivity contribution is 7.89. The molecule has 7 heteroatoms. The van der Waals surface area contributed by atoms with Crippen molar-refractivity contribution in [3.63, 3.8) is 0 Å². The first kappa shape index (κ1) is 24.1. The van der Waals surface area contributed by atoms with E-state index >= 15 is 0 Å². The third kappa shape index (κ3) is 6.10. The van der Waals surface area contributed by atoms with E-state index in [0.717, 1.165) is 16.5 Å². The van der Waals surface area contributed by atoms with Crippen molar-refractivity contribution >= 4 is 38.5 Å². The van der Waals surface area contributed by atoms with E-state index < -0.39 is 10.0 Å². The molecule has 0 saturated heterocycles. The lowest BCUT2D eigenvalue weighted by Crippen LogP contribution is -2.36. The van der Waals surface area contributed by atoms with Crippen LogP contribution in [-0.2, 0) is 16.6 Å². The van der Waals surface area contributed by atoms with Gasteiger partial charge in [-0.15, -0.1) is 0 Å². The number of hydrogen-bond acceptors (Lipinski definition) is 4. The molecule has 0 spiro atoms. The SMILES string of the molecule is O=S(=O)(c1cccc2cnccc12)N(CCNC/C=C/c1ccc(Cl)cc1)Cc1ccccc1. The lowest BCUT2D eigenvalue weighted by atomic mass is 10.2. The Hall–Kier alpha value is -3.03. The topological polar surface area (TPSA) is 62.3 Å². The summed E-state index contributed by atoms with van der Waals surface area (Å²) in [6, 6.07) is 24.3. The number of sulfonamides is 1. The standard InChI is InChI=1S/C27H26ClN3O2S/c28-25-13-11-22(12-14-25)8-5-16-29-18-19-31(21-23-6-2-1-3-7-23)34(32,33)27-10-4-9-24-20-30-17-15-26(24)27/h1-15,17,20,29H,16,18-19,21H2/b8-5+. The van der Waals surface area contributed by atoms with E-state index in [-0.39, 0.29) is 0 Å². The average Bonchev–Trinajstić information content (AvgIpc) is 2.86. The van der Waals surface area contributed by atoms with Gasteiger partial charge >= 0.3 is 0 Å². The molecule has 0 radical (unpaired) electrons. The quantitative estimate of drug-likeness (QED) is 0.302. The highest BCUT2D eigenvalue weighted by atomic mass is 35.5. The number of hydrogen-bond donors (Lipinski definition) is 1. The van der Waals surface area contributed by atoms with Crippen molar-refractivity contribution in [2.45, 2.75) is 11.4 Å². The Labute approximate surface area is 205 Å². The van der Waals surface area contributed by atoms with Gasteiger partial charge in [0.15, 0.2) is 0 Å². The first-order chi connectivity index (χ1) is 16.5. The zero-order valence-electron chi connectivity index (χ0n) is 18.6. The summed E-state index contributed by atoms with van der Waals surface area (Å²) in [6.07, 6.45) is 7.32. The number of nitrogens with zero attached hydrogens (tertiary/aromatic N) is 2. The van der Waals surface area contributed by atoms with Gasteiger partial charge in [-0.3, -0.25) is 4.98 Å². The Morgan fingerprint density at radius 1 is 0.941 bits per heavy atom. The number of fused-ring (bicyclic) bond motifs is 1. The molecule has 0 bridgehead atoms. The lowest BCUT2D eigenvalue weighted by Gasteiger charge is -2.23. The fourth-order valence-electron chi connectivity index (χ4n) is 3.69. The predicted octanol–water partition coefficient (Wildman–Crippen LogP) is 5.38. The molecule has 0 aliphatic heterocycles. The normalized spacial score (nSPS) is 12.1. The van der Waals surface area contributed by atoms with Crippen LogP contribution < -0.4 is 5.32 Å². The zero-order chi connectivity index (χ0) is 23.8. The zero-order valence-corrected chi connectivity index (χ0v) is 20.2. The van der Waals surface area contributed by atoms with Crippen LogP contribution >= 0.6 is 11.6 Å². The van der Waals surface area contributed by atoms with Crippen LogP contribution in [0.1, 0.15) is 11.1 Å². The molecule has 0 unspecified atom stereocenters. The maximum atomic E-state index is 13.7. The van der Waals surface area contributed by atoms with Crippen molar-refractivity contribution in [2.24, 2.45) is 0 Å². The van der Waals surface area contributed by atoms with Gasteiger partial charge in [0.1, 0.15) is 0 Å². The summed E-state index contributed by atoms with van der Waals surface area (Å²) < 4.78 is 29.0. The number of halogens is 1. The molecule has 174 valence electrons. The van der Waals surface area contributed by atoms with Gasteiger partial charge in [0.2, 0.25) is 10.0 Å². The molecule has 5 nitrogen and oxygen atoms in total. The van der Waals surface area contributed by atoms with E-state index in [1.54, 1.807) is 30.6 Å². The minimum atomic E-state index is -3.73. The molecule has 4 aromatic rings. The number of nitrogens with one attached hydrogen (secondary N) is 1. The van der Waals surface area contributed by atoms with Gasteiger partial charge < -0.3 is 5.32 Å². The fourth-order valence-corrected chi connectivity index (χ4v) is 5.46. The second-order valence-electron chi connectivity index (χ2n) is 7.84. The summed E-state index contributed by atoms with van der Waals surface area (Å²) >= 11 is 5.92. The molecule has 0 saturated carbocycles. The predicted molar refractivity (Wildman–Crippen MR) is 139 cm³/mol. The summed E-state index contributed by atoms with van der Waals surface area (Å²) in [5.41, 5.74) is 2.00. The van der Waals surface area contributed by atoms with Crippen LogP contribution in [0.2, 0.25) is 5.02 Å². The van der Waals surface area contributed by atoms with E-state index in [2.05, 4.69) is 10.3 Å². The van der Waals surface area contributed by atoms with Crippen LogP contribution in [0.15, 0.2) is 102 Å². The molecule has 0 amide bonds. The molecule has 0 fully saturated rings. The molecule has 34 heavy (non-hydrogen) atoms. The van der Waals surface area contributed by atoms with E-state index in [9.17, 15) is 8.42 Å². The monoisotopic (exact) mass is 491 g/mol. The lowest BCUT2D eigenvalue weighted by molar-refractivity contribution is 0.403. The van der Waals surface area contributed by atoms with Gasteiger partial charge in [0.05, 0.1) is 4.90 Å². The molecule has 0 aliphatic rings. The summed E-state index contributed by atoms with van der Waals surface area (Å²) in [4.78, 5) is 4.42. The van der Waals surface area contributed by atoms with Crippen LogP contribution in [0.5, 0.6) is 0 Å². The van der Waals surface area contributed by atoms with Crippen molar-refractivity contribution in [1.29, 1.82) is 0 Å². The van der Waals surface area contributed by atoms with E-state index in [0.29, 0.717) is 41.5 Å². The van der Waals surface area contributed by atoms with Crippen LogP contribution in [0.25, 0.3) is 16.8 Å². The van der Waals surface area contributed by atoms with Gasteiger partial charge in [-0.2, -0.15) is 4.31 Å². The average molecular weight is 492 g/mol. The molecular formula is C27H26ClN3O2S. The highest BCUT2D eigenvalue weighted by Gasteiger charge is 2.26. The molecule has 3 aromatic carbocycles. The second kappa shape index (κ2) is 11.4. The Bertz CT molecular complexity index is 1350. The first-order valence-electron chi connectivity index (χ1n) is 11.0. The largest absolute Gasteiger partial charge is 0.312 e. The van der Waals surface area contributed by atoms with Gasteiger partial charge in [-0.05, 0) is 35.4 Å². The first-order valence-corrected chi connectivity index (χ1v) is 12.9. The smallest absolute Gasteiger partial charge is 0.244 e. The summed E-state index contributed by atoms with van der Waals surface area (Å²) in [7, 11) is -3.73. The molecule has 4 rings (SSSR count).